The number of nitriles is 1. The van der Waals surface area contributed by atoms with Gasteiger partial charge in [-0.1, -0.05) is 11.6 Å². The molecule has 37 heavy (non-hydrogen) atoms. The number of pyridine rings is 1. The van der Waals surface area contributed by atoms with Gasteiger partial charge in [0, 0.05) is 49.0 Å². The van der Waals surface area contributed by atoms with E-state index < -0.39 is 11.5 Å². The molecule has 6 rings (SSSR count). The zero-order chi connectivity index (χ0) is 25.9. The van der Waals surface area contributed by atoms with Crippen molar-refractivity contribution in [2.75, 3.05) is 18.0 Å². The van der Waals surface area contributed by atoms with Gasteiger partial charge in [-0.15, -0.1) is 10.2 Å². The molecule has 0 spiro atoms. The topological polar surface area (TPSA) is 73.9 Å². The molecule has 2 aliphatic heterocycles. The summed E-state index contributed by atoms with van der Waals surface area (Å²) in [4.78, 5) is 8.99. The lowest BCUT2D eigenvalue weighted by Gasteiger charge is -2.51. The van der Waals surface area contributed by atoms with Crippen LogP contribution >= 0.6 is 11.6 Å². The van der Waals surface area contributed by atoms with Gasteiger partial charge in [-0.2, -0.15) is 5.26 Å². The van der Waals surface area contributed by atoms with Gasteiger partial charge in [0.15, 0.2) is 5.82 Å². The predicted molar refractivity (Wildman–Crippen MR) is 136 cm³/mol. The lowest BCUT2D eigenvalue weighted by Crippen LogP contribution is -2.59. The van der Waals surface area contributed by atoms with Crippen molar-refractivity contribution in [2.45, 2.75) is 70.0 Å². The van der Waals surface area contributed by atoms with E-state index >= 15 is 0 Å². The molecule has 2 fully saturated rings. The molecular formula is C27H28ClF2N7. The summed E-state index contributed by atoms with van der Waals surface area (Å²) in [6.07, 6.45) is 1.46. The van der Waals surface area contributed by atoms with Crippen molar-refractivity contribution in [1.29, 1.82) is 5.26 Å². The average Bonchev–Trinajstić information content (AvgIpc) is 3.18. The summed E-state index contributed by atoms with van der Waals surface area (Å²) in [5.74, 6) is 0.159. The number of fused-ring (bicyclic) bond motifs is 3. The van der Waals surface area contributed by atoms with Crippen LogP contribution in [0, 0.1) is 18.3 Å². The summed E-state index contributed by atoms with van der Waals surface area (Å²) < 4.78 is 29.9. The fourth-order valence-corrected chi connectivity index (χ4v) is 6.36. The molecule has 0 radical (unpaired) electrons. The second-order valence-electron chi connectivity index (χ2n) is 10.8. The highest BCUT2D eigenvalue weighted by Gasteiger charge is 2.57. The molecule has 0 N–H and O–H groups in total. The average molecular weight is 524 g/mol. The molecule has 0 unspecified atom stereocenters. The smallest absolute Gasteiger partial charge is 0.251 e. The van der Waals surface area contributed by atoms with E-state index in [9.17, 15) is 14.0 Å². The van der Waals surface area contributed by atoms with Crippen LogP contribution in [0.3, 0.4) is 0 Å². The van der Waals surface area contributed by atoms with Crippen LogP contribution in [0.15, 0.2) is 30.3 Å². The largest absolute Gasteiger partial charge is 0.357 e. The quantitative estimate of drug-likeness (QED) is 0.458. The highest BCUT2D eigenvalue weighted by molar-refractivity contribution is 6.30. The Labute approximate surface area is 219 Å². The van der Waals surface area contributed by atoms with Crippen LogP contribution < -0.4 is 4.90 Å². The fraction of sp³-hybridized carbons (Fsp3) is 0.481. The van der Waals surface area contributed by atoms with Crippen LogP contribution in [-0.2, 0) is 13.1 Å². The molecule has 1 saturated carbocycles. The first-order chi connectivity index (χ1) is 17.7. The number of anilines is 1. The minimum absolute atomic E-state index is 0.155. The molecule has 1 aromatic carbocycles. The lowest BCUT2D eigenvalue weighted by atomic mass is 9.73. The summed E-state index contributed by atoms with van der Waals surface area (Å²) in [6, 6.07) is 11.7. The van der Waals surface area contributed by atoms with Gasteiger partial charge in [-0.3, -0.25) is 9.47 Å². The third-order valence-electron chi connectivity index (χ3n) is 8.15. The Bertz CT molecular complexity index is 1400. The molecule has 0 amide bonds. The van der Waals surface area contributed by atoms with Crippen molar-refractivity contribution >= 4 is 17.4 Å². The molecule has 7 nitrogen and oxygen atoms in total. The molecule has 0 bridgehead atoms. The van der Waals surface area contributed by atoms with Crippen molar-refractivity contribution in [3.63, 3.8) is 0 Å². The fourth-order valence-electron chi connectivity index (χ4n) is 6.17. The summed E-state index contributed by atoms with van der Waals surface area (Å²) in [7, 11) is 0. The van der Waals surface area contributed by atoms with Gasteiger partial charge in [0.05, 0.1) is 23.5 Å². The highest BCUT2D eigenvalue weighted by atomic mass is 35.5. The normalized spacial score (nSPS) is 20.9. The van der Waals surface area contributed by atoms with Crippen LogP contribution in [-0.4, -0.2) is 49.2 Å². The number of aromatic nitrogens is 4. The Kier molecular flexibility index (Phi) is 5.73. The third kappa shape index (κ3) is 4.26. The van der Waals surface area contributed by atoms with Crippen molar-refractivity contribution < 1.29 is 8.78 Å². The maximum atomic E-state index is 13.9. The Balaban J connectivity index is 1.28. The molecule has 4 heterocycles. The minimum Gasteiger partial charge on any atom is -0.357 e. The maximum Gasteiger partial charge on any atom is 0.251 e. The van der Waals surface area contributed by atoms with E-state index in [1.807, 2.05) is 44.2 Å². The van der Waals surface area contributed by atoms with Crippen molar-refractivity contribution in [2.24, 2.45) is 0 Å². The van der Waals surface area contributed by atoms with E-state index in [1.165, 1.54) is 0 Å². The van der Waals surface area contributed by atoms with Crippen LogP contribution in [0.1, 0.15) is 67.0 Å². The van der Waals surface area contributed by atoms with Crippen LogP contribution in [0.2, 0.25) is 5.02 Å². The Morgan fingerprint density at radius 2 is 1.84 bits per heavy atom. The number of hydrogen-bond acceptors (Lipinski definition) is 6. The standard InChI is InChI=1S/C27H28ClF2N7/c1-17-19(12-31)3-6-23(32-17)35-9-7-18(8-10-35)25-34-33-24-14-36(26(2)15-27(29,30)16-26)13-20-11-21(28)4-5-22(20)37(24)25/h3-6,11,18H,7-10,13-16H2,1-2H3. The summed E-state index contributed by atoms with van der Waals surface area (Å²) in [6.45, 7) is 6.40. The van der Waals surface area contributed by atoms with Gasteiger partial charge in [0.25, 0.3) is 5.92 Å². The minimum atomic E-state index is -2.62. The second kappa shape index (κ2) is 8.74. The molecule has 0 atom stereocenters. The van der Waals surface area contributed by atoms with Crippen LogP contribution in [0.5, 0.6) is 0 Å². The summed E-state index contributed by atoms with van der Waals surface area (Å²) >= 11 is 6.37. The summed E-state index contributed by atoms with van der Waals surface area (Å²) in [5, 5.41) is 19.0. The Morgan fingerprint density at radius 1 is 1.08 bits per heavy atom. The van der Waals surface area contributed by atoms with E-state index in [0.717, 1.165) is 60.3 Å². The molecule has 2 aromatic heterocycles. The third-order valence-corrected chi connectivity index (χ3v) is 8.38. The van der Waals surface area contributed by atoms with Crippen molar-refractivity contribution in [3.8, 4) is 11.8 Å². The van der Waals surface area contributed by atoms with E-state index in [0.29, 0.717) is 23.7 Å². The number of alkyl halides is 2. The molecule has 192 valence electrons. The van der Waals surface area contributed by atoms with E-state index in [4.69, 9.17) is 11.6 Å². The number of hydrogen-bond donors (Lipinski definition) is 0. The molecule has 3 aliphatic rings. The number of nitrogens with zero attached hydrogens (tertiary/aromatic N) is 7. The second-order valence-corrected chi connectivity index (χ2v) is 11.3. The zero-order valence-corrected chi connectivity index (χ0v) is 21.6. The molecular weight excluding hydrogens is 496 g/mol. The molecule has 1 aliphatic carbocycles. The maximum absolute atomic E-state index is 13.9. The zero-order valence-electron chi connectivity index (χ0n) is 20.9. The summed E-state index contributed by atoms with van der Waals surface area (Å²) in [5.41, 5.74) is 2.71. The van der Waals surface area contributed by atoms with E-state index in [-0.39, 0.29) is 18.8 Å². The Morgan fingerprint density at radius 3 is 2.51 bits per heavy atom. The van der Waals surface area contributed by atoms with Gasteiger partial charge in [-0.25, -0.2) is 13.8 Å². The SMILES string of the molecule is Cc1nc(N2CCC(c3nnc4n3-c3ccc(Cl)cc3CN(C3(C)CC(F)(F)C3)C4)CC2)ccc1C#N. The van der Waals surface area contributed by atoms with E-state index in [2.05, 4.69) is 35.6 Å². The van der Waals surface area contributed by atoms with Crippen molar-refractivity contribution in [1.82, 2.24) is 24.6 Å². The van der Waals surface area contributed by atoms with Gasteiger partial charge >= 0.3 is 0 Å². The van der Waals surface area contributed by atoms with E-state index in [1.54, 1.807) is 0 Å². The number of rotatable bonds is 3. The van der Waals surface area contributed by atoms with Gasteiger partial charge in [0.1, 0.15) is 17.7 Å². The highest BCUT2D eigenvalue weighted by Crippen LogP contribution is 2.50. The number of piperidine rings is 1. The van der Waals surface area contributed by atoms with Crippen LogP contribution in [0.4, 0.5) is 14.6 Å². The van der Waals surface area contributed by atoms with Gasteiger partial charge in [0.2, 0.25) is 0 Å². The molecule has 10 heteroatoms. The van der Waals surface area contributed by atoms with Crippen LogP contribution in [0.25, 0.3) is 5.69 Å². The Hall–Kier alpha value is -3.09. The first kappa shape index (κ1) is 24.3. The first-order valence-electron chi connectivity index (χ1n) is 12.6. The van der Waals surface area contributed by atoms with Gasteiger partial charge in [-0.05, 0) is 62.6 Å². The monoisotopic (exact) mass is 523 g/mol. The number of aryl methyl sites for hydroxylation is 1. The lowest BCUT2D eigenvalue weighted by molar-refractivity contribution is -0.173. The van der Waals surface area contributed by atoms with Crippen molar-refractivity contribution in [3.05, 3.63) is 63.8 Å². The first-order valence-corrected chi connectivity index (χ1v) is 13.0. The molecule has 3 aromatic rings. The number of halogens is 3. The number of benzene rings is 1. The molecule has 1 saturated heterocycles. The van der Waals surface area contributed by atoms with Gasteiger partial charge < -0.3 is 4.90 Å². The predicted octanol–water partition coefficient (Wildman–Crippen LogP) is 5.38.